The number of nitrogens with one attached hydrogen (secondary N) is 1. The van der Waals surface area contributed by atoms with Crippen molar-refractivity contribution >= 4 is 0 Å². The summed E-state index contributed by atoms with van der Waals surface area (Å²) in [6.45, 7) is 5.72. The standard InChI is InChI=1S/C13H27NO2/c1-12-5-3-6-13(11-12)14-7-4-8-16-10-9-15-2/h12-14H,3-11H2,1-2H3. The van der Waals surface area contributed by atoms with Crippen molar-refractivity contribution in [3.05, 3.63) is 0 Å². The van der Waals surface area contributed by atoms with Gasteiger partial charge in [-0.3, -0.25) is 0 Å². The van der Waals surface area contributed by atoms with Crippen LogP contribution in [0.3, 0.4) is 0 Å². The fourth-order valence-corrected chi connectivity index (χ4v) is 2.34. The predicted molar refractivity (Wildman–Crippen MR) is 66.7 cm³/mol. The van der Waals surface area contributed by atoms with Crippen LogP contribution in [-0.2, 0) is 9.47 Å². The zero-order chi connectivity index (χ0) is 11.6. The molecular weight excluding hydrogens is 202 g/mol. The van der Waals surface area contributed by atoms with E-state index in [0.717, 1.165) is 38.1 Å². The van der Waals surface area contributed by atoms with Gasteiger partial charge < -0.3 is 14.8 Å². The number of hydrogen-bond donors (Lipinski definition) is 1. The van der Waals surface area contributed by atoms with E-state index in [1.807, 2.05) is 0 Å². The Balaban J connectivity index is 1.86. The van der Waals surface area contributed by atoms with Gasteiger partial charge in [-0.15, -0.1) is 0 Å². The third-order valence-electron chi connectivity index (χ3n) is 3.27. The van der Waals surface area contributed by atoms with Crippen LogP contribution in [0.1, 0.15) is 39.0 Å². The lowest BCUT2D eigenvalue weighted by Crippen LogP contribution is -2.34. The van der Waals surface area contributed by atoms with Gasteiger partial charge in [-0.05, 0) is 31.7 Å². The van der Waals surface area contributed by atoms with E-state index < -0.39 is 0 Å². The molecule has 0 aliphatic heterocycles. The highest BCUT2D eigenvalue weighted by Gasteiger charge is 2.17. The van der Waals surface area contributed by atoms with Gasteiger partial charge in [0.25, 0.3) is 0 Å². The summed E-state index contributed by atoms with van der Waals surface area (Å²) in [6.07, 6.45) is 6.62. The Labute approximate surface area is 99.9 Å². The van der Waals surface area contributed by atoms with Crippen LogP contribution in [0.25, 0.3) is 0 Å². The minimum atomic E-state index is 0.702. The number of hydrogen-bond acceptors (Lipinski definition) is 3. The van der Waals surface area contributed by atoms with Crippen LogP contribution >= 0.6 is 0 Å². The zero-order valence-electron chi connectivity index (χ0n) is 10.8. The second-order valence-electron chi connectivity index (χ2n) is 4.88. The molecule has 0 saturated heterocycles. The Morgan fingerprint density at radius 3 is 2.81 bits per heavy atom. The van der Waals surface area contributed by atoms with Crippen LogP contribution in [0, 0.1) is 5.92 Å². The SMILES string of the molecule is COCCOCCCNC1CCCC(C)C1. The smallest absolute Gasteiger partial charge is 0.0700 e. The maximum Gasteiger partial charge on any atom is 0.0700 e. The van der Waals surface area contributed by atoms with Gasteiger partial charge in [0.05, 0.1) is 13.2 Å². The van der Waals surface area contributed by atoms with E-state index in [-0.39, 0.29) is 0 Å². The van der Waals surface area contributed by atoms with Crippen LogP contribution in [0.4, 0.5) is 0 Å². The van der Waals surface area contributed by atoms with Gasteiger partial charge in [0.15, 0.2) is 0 Å². The summed E-state index contributed by atoms with van der Waals surface area (Å²) in [6, 6.07) is 0.753. The quantitative estimate of drug-likeness (QED) is 0.647. The molecule has 0 spiro atoms. The molecule has 3 nitrogen and oxygen atoms in total. The van der Waals surface area contributed by atoms with E-state index in [9.17, 15) is 0 Å². The lowest BCUT2D eigenvalue weighted by Gasteiger charge is -2.27. The molecule has 3 heteroatoms. The average molecular weight is 229 g/mol. The summed E-state index contributed by atoms with van der Waals surface area (Å²) in [4.78, 5) is 0. The van der Waals surface area contributed by atoms with E-state index >= 15 is 0 Å². The van der Waals surface area contributed by atoms with Gasteiger partial charge in [0, 0.05) is 19.8 Å². The summed E-state index contributed by atoms with van der Waals surface area (Å²) in [5.74, 6) is 0.907. The van der Waals surface area contributed by atoms with Crippen molar-refractivity contribution < 1.29 is 9.47 Å². The van der Waals surface area contributed by atoms with Crippen LogP contribution in [0.5, 0.6) is 0 Å². The first-order valence-electron chi connectivity index (χ1n) is 6.63. The molecule has 0 heterocycles. The molecule has 16 heavy (non-hydrogen) atoms. The van der Waals surface area contributed by atoms with Crippen molar-refractivity contribution in [2.24, 2.45) is 5.92 Å². The molecular formula is C13H27NO2. The number of methoxy groups -OCH3 is 1. The molecule has 1 aliphatic rings. The van der Waals surface area contributed by atoms with Crippen molar-refractivity contribution in [3.8, 4) is 0 Å². The van der Waals surface area contributed by atoms with E-state index in [4.69, 9.17) is 9.47 Å². The molecule has 0 aromatic carbocycles. The van der Waals surface area contributed by atoms with E-state index in [0.29, 0.717) is 6.61 Å². The highest BCUT2D eigenvalue weighted by molar-refractivity contribution is 4.75. The Kier molecular flexibility index (Phi) is 7.81. The lowest BCUT2D eigenvalue weighted by molar-refractivity contribution is 0.0690. The first-order chi connectivity index (χ1) is 7.83. The Hall–Kier alpha value is -0.120. The molecule has 0 aromatic heterocycles. The topological polar surface area (TPSA) is 30.5 Å². The molecule has 1 fully saturated rings. The highest BCUT2D eigenvalue weighted by Crippen LogP contribution is 2.23. The molecule has 1 aliphatic carbocycles. The minimum Gasteiger partial charge on any atom is -0.382 e. The summed E-state index contributed by atoms with van der Waals surface area (Å²) in [5.41, 5.74) is 0. The average Bonchev–Trinajstić information content (AvgIpc) is 2.28. The summed E-state index contributed by atoms with van der Waals surface area (Å²) >= 11 is 0. The zero-order valence-corrected chi connectivity index (χ0v) is 10.8. The van der Waals surface area contributed by atoms with Gasteiger partial charge in [0.1, 0.15) is 0 Å². The molecule has 1 saturated carbocycles. The molecule has 0 aromatic rings. The van der Waals surface area contributed by atoms with Crippen molar-refractivity contribution in [1.82, 2.24) is 5.32 Å². The molecule has 0 amide bonds. The molecule has 2 unspecified atom stereocenters. The molecule has 1 rings (SSSR count). The Morgan fingerprint density at radius 1 is 1.19 bits per heavy atom. The van der Waals surface area contributed by atoms with Gasteiger partial charge in [-0.1, -0.05) is 19.8 Å². The van der Waals surface area contributed by atoms with Crippen LogP contribution in [0.2, 0.25) is 0 Å². The first-order valence-corrected chi connectivity index (χ1v) is 6.63. The third kappa shape index (κ3) is 6.46. The molecule has 96 valence electrons. The third-order valence-corrected chi connectivity index (χ3v) is 3.27. The van der Waals surface area contributed by atoms with Gasteiger partial charge in [-0.25, -0.2) is 0 Å². The van der Waals surface area contributed by atoms with Crippen molar-refractivity contribution in [2.75, 3.05) is 33.5 Å². The molecule has 0 bridgehead atoms. The van der Waals surface area contributed by atoms with Gasteiger partial charge >= 0.3 is 0 Å². The van der Waals surface area contributed by atoms with Gasteiger partial charge in [0.2, 0.25) is 0 Å². The van der Waals surface area contributed by atoms with Crippen molar-refractivity contribution in [3.63, 3.8) is 0 Å². The van der Waals surface area contributed by atoms with E-state index in [1.54, 1.807) is 7.11 Å². The Bertz CT molecular complexity index is 164. The lowest BCUT2D eigenvalue weighted by atomic mass is 9.87. The fraction of sp³-hybridized carbons (Fsp3) is 1.00. The van der Waals surface area contributed by atoms with Gasteiger partial charge in [-0.2, -0.15) is 0 Å². The summed E-state index contributed by atoms with van der Waals surface area (Å²) in [7, 11) is 1.70. The molecule has 0 radical (unpaired) electrons. The fourth-order valence-electron chi connectivity index (χ4n) is 2.34. The van der Waals surface area contributed by atoms with E-state index in [1.165, 1.54) is 25.7 Å². The van der Waals surface area contributed by atoms with E-state index in [2.05, 4.69) is 12.2 Å². The van der Waals surface area contributed by atoms with Crippen molar-refractivity contribution in [1.29, 1.82) is 0 Å². The summed E-state index contributed by atoms with van der Waals surface area (Å²) in [5, 5.41) is 3.63. The first kappa shape index (κ1) is 13.9. The largest absolute Gasteiger partial charge is 0.382 e. The van der Waals surface area contributed by atoms with Crippen molar-refractivity contribution in [2.45, 2.75) is 45.1 Å². The second kappa shape index (κ2) is 8.97. The number of rotatable bonds is 8. The van der Waals surface area contributed by atoms with Crippen LogP contribution < -0.4 is 5.32 Å². The molecule has 1 N–H and O–H groups in total. The monoisotopic (exact) mass is 229 g/mol. The van der Waals surface area contributed by atoms with Crippen LogP contribution in [0.15, 0.2) is 0 Å². The maximum atomic E-state index is 5.42. The molecule has 2 atom stereocenters. The summed E-state index contributed by atoms with van der Waals surface area (Å²) < 4.78 is 10.3. The number of ether oxygens (including phenoxy) is 2. The predicted octanol–water partition coefficient (Wildman–Crippen LogP) is 2.21. The normalized spacial score (nSPS) is 25.9. The highest BCUT2D eigenvalue weighted by atomic mass is 16.5. The maximum absolute atomic E-state index is 5.42. The Morgan fingerprint density at radius 2 is 2.06 bits per heavy atom. The van der Waals surface area contributed by atoms with Crippen LogP contribution in [-0.4, -0.2) is 39.5 Å². The second-order valence-corrected chi connectivity index (χ2v) is 4.88. The minimum absolute atomic E-state index is 0.702.